The van der Waals surface area contributed by atoms with E-state index in [9.17, 15) is 14.9 Å². The van der Waals surface area contributed by atoms with Crippen LogP contribution >= 0.6 is 0 Å². The number of methoxy groups -OCH3 is 1. The summed E-state index contributed by atoms with van der Waals surface area (Å²) in [5, 5.41) is 22.3. The van der Waals surface area contributed by atoms with Gasteiger partial charge < -0.3 is 15.2 Å². The summed E-state index contributed by atoms with van der Waals surface area (Å²) in [6.45, 7) is 1.67. The van der Waals surface area contributed by atoms with Crippen LogP contribution in [0.1, 0.15) is 5.56 Å². The van der Waals surface area contributed by atoms with Crippen molar-refractivity contribution in [1.29, 1.82) is 0 Å². The number of benzene rings is 1. The highest BCUT2D eigenvalue weighted by Crippen LogP contribution is 2.21. The van der Waals surface area contributed by atoms with E-state index in [1.807, 2.05) is 0 Å². The molecule has 1 atom stereocenters. The number of nitro benzene ring substituents is 1. The Morgan fingerprint density at radius 1 is 1.61 bits per heavy atom. The Kier molecular flexibility index (Phi) is 4.61. The minimum atomic E-state index is -1.05. The molecule has 1 unspecified atom stereocenters. The van der Waals surface area contributed by atoms with E-state index in [-0.39, 0.29) is 12.3 Å². The lowest BCUT2D eigenvalue weighted by atomic mass is 10.1. The van der Waals surface area contributed by atoms with Gasteiger partial charge in [0.15, 0.2) is 0 Å². The van der Waals surface area contributed by atoms with Crippen molar-refractivity contribution in [3.8, 4) is 0 Å². The Morgan fingerprint density at radius 3 is 2.72 bits per heavy atom. The van der Waals surface area contributed by atoms with Crippen LogP contribution in [-0.4, -0.2) is 35.8 Å². The number of hydrogen-bond acceptors (Lipinski definition) is 5. The molecule has 2 N–H and O–H groups in total. The molecule has 0 fully saturated rings. The van der Waals surface area contributed by atoms with E-state index in [0.717, 1.165) is 0 Å². The minimum Gasteiger partial charge on any atom is -0.480 e. The number of nitrogens with one attached hydrogen (secondary N) is 1. The highest BCUT2D eigenvalue weighted by atomic mass is 16.6. The summed E-state index contributed by atoms with van der Waals surface area (Å²) in [5.74, 6) is -1.05. The lowest BCUT2D eigenvalue weighted by molar-refractivity contribution is -0.384. The van der Waals surface area contributed by atoms with Gasteiger partial charge in [-0.15, -0.1) is 0 Å². The third-order valence-electron chi connectivity index (χ3n) is 2.38. The average Bonchev–Trinajstić information content (AvgIpc) is 2.30. The minimum absolute atomic E-state index is 0.00572. The van der Waals surface area contributed by atoms with Crippen LogP contribution in [0.25, 0.3) is 0 Å². The quantitative estimate of drug-likeness (QED) is 0.588. The molecule has 0 saturated heterocycles. The molecule has 7 nitrogen and oxygen atoms in total. The third kappa shape index (κ3) is 3.42. The van der Waals surface area contributed by atoms with Crippen molar-refractivity contribution in [1.82, 2.24) is 0 Å². The van der Waals surface area contributed by atoms with Crippen molar-refractivity contribution in [2.75, 3.05) is 19.0 Å². The monoisotopic (exact) mass is 254 g/mol. The number of anilines is 1. The first kappa shape index (κ1) is 13.9. The standard InChI is InChI=1S/C11H14N2O5/c1-7-5-8(13(16)17)3-4-9(7)12-10(6-18-2)11(14)15/h3-5,10,12H,6H2,1-2H3,(H,14,15). The van der Waals surface area contributed by atoms with Gasteiger partial charge in [-0.2, -0.15) is 0 Å². The van der Waals surface area contributed by atoms with Crippen LogP contribution in [0.5, 0.6) is 0 Å². The van der Waals surface area contributed by atoms with Crippen LogP contribution < -0.4 is 5.32 Å². The van der Waals surface area contributed by atoms with Crippen LogP contribution in [-0.2, 0) is 9.53 Å². The second-order valence-electron chi connectivity index (χ2n) is 3.75. The van der Waals surface area contributed by atoms with E-state index in [1.165, 1.54) is 25.3 Å². The number of aryl methyl sites for hydroxylation is 1. The number of rotatable bonds is 6. The molecular weight excluding hydrogens is 240 g/mol. The molecule has 0 heterocycles. The van der Waals surface area contributed by atoms with Crippen LogP contribution in [0.15, 0.2) is 18.2 Å². The summed E-state index contributed by atoms with van der Waals surface area (Å²) >= 11 is 0. The first-order valence-electron chi connectivity index (χ1n) is 5.19. The predicted molar refractivity (Wildman–Crippen MR) is 64.8 cm³/mol. The van der Waals surface area contributed by atoms with Crippen LogP contribution in [0.4, 0.5) is 11.4 Å². The topological polar surface area (TPSA) is 102 Å². The molecule has 98 valence electrons. The number of ether oxygens (including phenoxy) is 1. The first-order valence-corrected chi connectivity index (χ1v) is 5.19. The molecule has 0 saturated carbocycles. The Labute approximate surface area is 104 Å². The third-order valence-corrected chi connectivity index (χ3v) is 2.38. The van der Waals surface area contributed by atoms with Crippen LogP contribution in [0.2, 0.25) is 0 Å². The highest BCUT2D eigenvalue weighted by molar-refractivity contribution is 5.78. The molecule has 0 aliphatic rings. The molecule has 1 aromatic carbocycles. The van der Waals surface area contributed by atoms with Gasteiger partial charge in [-0.25, -0.2) is 4.79 Å². The van der Waals surface area contributed by atoms with E-state index in [2.05, 4.69) is 5.32 Å². The normalized spacial score (nSPS) is 11.9. The first-order chi connectivity index (χ1) is 8.45. The van der Waals surface area contributed by atoms with Gasteiger partial charge in [-0.1, -0.05) is 0 Å². The Bertz CT molecular complexity index is 461. The molecule has 0 spiro atoms. The number of non-ortho nitro benzene ring substituents is 1. The second kappa shape index (κ2) is 5.97. The fraction of sp³-hybridized carbons (Fsp3) is 0.364. The van der Waals surface area contributed by atoms with Crippen molar-refractivity contribution in [2.24, 2.45) is 0 Å². The number of hydrogen-bond donors (Lipinski definition) is 2. The van der Waals surface area contributed by atoms with Crippen molar-refractivity contribution in [3.63, 3.8) is 0 Å². The van der Waals surface area contributed by atoms with E-state index in [1.54, 1.807) is 6.92 Å². The number of nitro groups is 1. The summed E-state index contributed by atoms with van der Waals surface area (Å²) in [5.41, 5.74) is 1.10. The van der Waals surface area contributed by atoms with Gasteiger partial charge in [0, 0.05) is 24.9 Å². The Hall–Kier alpha value is -2.15. The summed E-state index contributed by atoms with van der Waals surface area (Å²) in [7, 11) is 1.40. The molecule has 18 heavy (non-hydrogen) atoms. The lowest BCUT2D eigenvalue weighted by Gasteiger charge is -2.16. The maximum Gasteiger partial charge on any atom is 0.328 e. The largest absolute Gasteiger partial charge is 0.480 e. The van der Waals surface area contributed by atoms with Crippen LogP contribution in [0.3, 0.4) is 0 Å². The van der Waals surface area contributed by atoms with E-state index < -0.39 is 16.9 Å². The zero-order valence-corrected chi connectivity index (χ0v) is 10.0. The highest BCUT2D eigenvalue weighted by Gasteiger charge is 2.18. The number of aliphatic carboxylic acids is 1. The molecule has 0 aliphatic heterocycles. The van der Waals surface area contributed by atoms with Crippen molar-refractivity contribution in [2.45, 2.75) is 13.0 Å². The molecule has 0 aliphatic carbocycles. The SMILES string of the molecule is COCC(Nc1ccc([N+](=O)[O-])cc1C)C(=O)O. The summed E-state index contributed by atoms with van der Waals surface area (Å²) in [6, 6.07) is 3.30. The Morgan fingerprint density at radius 2 is 2.28 bits per heavy atom. The van der Waals surface area contributed by atoms with Crippen LogP contribution in [0, 0.1) is 17.0 Å². The predicted octanol–water partition coefficient (Wildman–Crippen LogP) is 1.41. The molecular formula is C11H14N2O5. The van der Waals surface area contributed by atoms with Crippen molar-refractivity contribution >= 4 is 17.3 Å². The number of nitrogens with zero attached hydrogens (tertiary/aromatic N) is 1. The molecule has 0 aromatic heterocycles. The van der Waals surface area contributed by atoms with Crippen molar-refractivity contribution in [3.05, 3.63) is 33.9 Å². The van der Waals surface area contributed by atoms with Gasteiger partial charge in [0.2, 0.25) is 0 Å². The molecule has 0 radical (unpaired) electrons. The smallest absolute Gasteiger partial charge is 0.328 e. The van der Waals surface area contributed by atoms with Gasteiger partial charge in [-0.3, -0.25) is 10.1 Å². The molecule has 7 heteroatoms. The van der Waals surface area contributed by atoms with Gasteiger partial charge in [-0.05, 0) is 18.6 Å². The van der Waals surface area contributed by atoms with E-state index in [0.29, 0.717) is 11.3 Å². The average molecular weight is 254 g/mol. The maximum atomic E-state index is 10.9. The molecule has 1 aromatic rings. The summed E-state index contributed by atoms with van der Waals surface area (Å²) in [4.78, 5) is 21.0. The number of carboxylic acid groups (broad SMARTS) is 1. The summed E-state index contributed by atoms with van der Waals surface area (Å²) < 4.78 is 4.79. The van der Waals surface area contributed by atoms with E-state index >= 15 is 0 Å². The molecule has 1 rings (SSSR count). The number of carbonyl (C=O) groups is 1. The maximum absolute atomic E-state index is 10.9. The van der Waals surface area contributed by atoms with Gasteiger partial charge >= 0.3 is 5.97 Å². The zero-order valence-electron chi connectivity index (χ0n) is 10.0. The fourth-order valence-corrected chi connectivity index (χ4v) is 1.45. The van der Waals surface area contributed by atoms with Gasteiger partial charge in [0.05, 0.1) is 11.5 Å². The Balaban J connectivity index is 2.90. The van der Waals surface area contributed by atoms with Gasteiger partial charge in [0.25, 0.3) is 5.69 Å². The lowest BCUT2D eigenvalue weighted by Crippen LogP contribution is -2.33. The number of carboxylic acids is 1. The second-order valence-corrected chi connectivity index (χ2v) is 3.75. The zero-order chi connectivity index (χ0) is 13.7. The molecule has 0 amide bonds. The van der Waals surface area contributed by atoms with Gasteiger partial charge in [0.1, 0.15) is 6.04 Å². The fourth-order valence-electron chi connectivity index (χ4n) is 1.45. The van der Waals surface area contributed by atoms with Crippen molar-refractivity contribution < 1.29 is 19.6 Å². The summed E-state index contributed by atoms with van der Waals surface area (Å²) in [6.07, 6.45) is 0. The molecule has 0 bridgehead atoms. The van der Waals surface area contributed by atoms with E-state index in [4.69, 9.17) is 9.84 Å².